The predicted octanol–water partition coefficient (Wildman–Crippen LogP) is 4.38. The van der Waals surface area contributed by atoms with Gasteiger partial charge in [-0.3, -0.25) is 9.59 Å². The summed E-state index contributed by atoms with van der Waals surface area (Å²) in [5.41, 5.74) is 2.26. The van der Waals surface area contributed by atoms with Crippen LogP contribution in [0.2, 0.25) is 0 Å². The van der Waals surface area contributed by atoms with Crippen molar-refractivity contribution in [2.45, 2.75) is 13.8 Å². The van der Waals surface area contributed by atoms with Crippen LogP contribution in [0.3, 0.4) is 0 Å². The van der Waals surface area contributed by atoms with Gasteiger partial charge in [0.1, 0.15) is 11.6 Å². The van der Waals surface area contributed by atoms with Gasteiger partial charge in [0, 0.05) is 19.1 Å². The molecule has 34 heavy (non-hydrogen) atoms. The second-order valence-electron chi connectivity index (χ2n) is 7.24. The highest BCUT2D eigenvalue weighted by molar-refractivity contribution is 7.20. The molecule has 0 aliphatic rings. The van der Waals surface area contributed by atoms with E-state index in [9.17, 15) is 9.59 Å². The van der Waals surface area contributed by atoms with Crippen molar-refractivity contribution in [2.24, 2.45) is 0 Å². The molecule has 0 saturated carbocycles. The van der Waals surface area contributed by atoms with Crippen LogP contribution in [0.4, 0.5) is 5.82 Å². The Kier molecular flexibility index (Phi) is 6.60. The minimum atomic E-state index is -0.444. The summed E-state index contributed by atoms with van der Waals surface area (Å²) in [6.45, 7) is 3.16. The molecule has 0 bridgehead atoms. The average Bonchev–Trinajstić information content (AvgIpc) is 3.40. The van der Waals surface area contributed by atoms with Crippen molar-refractivity contribution in [3.8, 4) is 22.4 Å². The van der Waals surface area contributed by atoms with Gasteiger partial charge in [0.25, 0.3) is 0 Å². The van der Waals surface area contributed by atoms with E-state index in [2.05, 4.69) is 15.4 Å². The van der Waals surface area contributed by atoms with Gasteiger partial charge in [-0.1, -0.05) is 17.4 Å². The number of anilines is 1. The molecule has 0 saturated heterocycles. The van der Waals surface area contributed by atoms with Crippen molar-refractivity contribution < 1.29 is 23.8 Å². The maximum atomic E-state index is 12.6. The number of hydrogen-bond donors (Lipinski definition) is 1. The van der Waals surface area contributed by atoms with E-state index < -0.39 is 5.97 Å². The topological polar surface area (TPSA) is 105 Å². The highest BCUT2D eigenvalue weighted by atomic mass is 32.1. The Balaban J connectivity index is 1.53. The largest absolute Gasteiger partial charge is 0.497 e. The Hall–Kier alpha value is -4.18. The van der Waals surface area contributed by atoms with Crippen LogP contribution in [0.25, 0.3) is 21.4 Å². The molecule has 0 unspecified atom stereocenters. The van der Waals surface area contributed by atoms with Crippen LogP contribution in [0, 0.1) is 6.92 Å². The van der Waals surface area contributed by atoms with Gasteiger partial charge < -0.3 is 19.5 Å². The summed E-state index contributed by atoms with van der Waals surface area (Å²) >= 11 is 1.44. The number of carbonyl (C=O) groups is 2. The van der Waals surface area contributed by atoms with Crippen molar-refractivity contribution in [3.05, 3.63) is 59.8 Å². The average molecular weight is 479 g/mol. The third kappa shape index (κ3) is 5.07. The molecule has 0 aliphatic heterocycles. The fourth-order valence-electron chi connectivity index (χ4n) is 3.21. The zero-order valence-electron chi connectivity index (χ0n) is 19.0. The van der Waals surface area contributed by atoms with Crippen LogP contribution in [-0.2, 0) is 9.59 Å². The summed E-state index contributed by atoms with van der Waals surface area (Å²) in [7, 11) is 3.09. The maximum absolute atomic E-state index is 12.6. The van der Waals surface area contributed by atoms with E-state index in [1.807, 2.05) is 25.1 Å². The molecule has 10 heteroatoms. The van der Waals surface area contributed by atoms with E-state index in [4.69, 9.17) is 14.2 Å². The quantitative estimate of drug-likeness (QED) is 0.239. The van der Waals surface area contributed by atoms with E-state index in [1.54, 1.807) is 42.1 Å². The first-order valence-corrected chi connectivity index (χ1v) is 11.0. The summed E-state index contributed by atoms with van der Waals surface area (Å²) in [5.74, 6) is 1.16. The smallest absolute Gasteiger partial charge is 0.308 e. The van der Waals surface area contributed by atoms with Crippen LogP contribution < -0.4 is 19.5 Å². The molecule has 0 spiro atoms. The zero-order chi connectivity index (χ0) is 24.2. The molecule has 1 N–H and O–H groups in total. The van der Waals surface area contributed by atoms with Crippen molar-refractivity contribution in [1.29, 1.82) is 0 Å². The summed E-state index contributed by atoms with van der Waals surface area (Å²) < 4.78 is 18.2. The first kappa shape index (κ1) is 23.0. The molecular weight excluding hydrogens is 456 g/mol. The molecule has 0 fully saturated rings. The van der Waals surface area contributed by atoms with Crippen LogP contribution in [0.1, 0.15) is 18.2 Å². The molecular formula is C24H22N4O5S. The van der Waals surface area contributed by atoms with E-state index in [1.165, 1.54) is 31.4 Å². The SMILES string of the molecule is COc1ccc2nc(-n3nc(C)cc3NC(=O)/C=C/c3ccc(OC(C)=O)c(OC)c3)sc2c1. The molecule has 174 valence electrons. The molecule has 2 aromatic heterocycles. The number of ether oxygens (including phenoxy) is 3. The van der Waals surface area contributed by atoms with Gasteiger partial charge in [-0.15, -0.1) is 0 Å². The molecule has 9 nitrogen and oxygen atoms in total. The number of amides is 1. The summed E-state index contributed by atoms with van der Waals surface area (Å²) in [4.78, 5) is 28.5. The van der Waals surface area contributed by atoms with Gasteiger partial charge in [0.05, 0.1) is 30.1 Å². The highest BCUT2D eigenvalue weighted by Crippen LogP contribution is 2.30. The fourth-order valence-corrected chi connectivity index (χ4v) is 4.17. The number of hydrogen-bond acceptors (Lipinski definition) is 8. The maximum Gasteiger partial charge on any atom is 0.308 e. The van der Waals surface area contributed by atoms with Crippen molar-refractivity contribution >= 4 is 45.3 Å². The molecule has 2 aromatic carbocycles. The second kappa shape index (κ2) is 9.75. The van der Waals surface area contributed by atoms with Crippen molar-refractivity contribution in [3.63, 3.8) is 0 Å². The number of thiazole rings is 1. The number of carbonyl (C=O) groups excluding carboxylic acids is 2. The third-order valence-corrected chi connectivity index (χ3v) is 5.71. The summed E-state index contributed by atoms with van der Waals surface area (Å²) in [6.07, 6.45) is 3.03. The Labute approximate surface area is 199 Å². The fraction of sp³-hybridized carbons (Fsp3) is 0.167. The number of nitrogens with one attached hydrogen (secondary N) is 1. The molecule has 0 radical (unpaired) electrons. The van der Waals surface area contributed by atoms with Crippen LogP contribution in [0.5, 0.6) is 17.2 Å². The predicted molar refractivity (Wildman–Crippen MR) is 130 cm³/mol. The molecule has 1 amide bonds. The van der Waals surface area contributed by atoms with Crippen LogP contribution in [-0.4, -0.2) is 40.9 Å². The number of aromatic nitrogens is 3. The van der Waals surface area contributed by atoms with Crippen molar-refractivity contribution in [2.75, 3.05) is 19.5 Å². The van der Waals surface area contributed by atoms with Gasteiger partial charge in [0.2, 0.25) is 11.0 Å². The lowest BCUT2D eigenvalue weighted by molar-refractivity contribution is -0.132. The van der Waals surface area contributed by atoms with Gasteiger partial charge in [-0.25, -0.2) is 4.98 Å². The summed E-state index contributed by atoms with van der Waals surface area (Å²) in [6, 6.07) is 12.4. The number of rotatable bonds is 7. The molecule has 0 aliphatic carbocycles. The molecule has 4 rings (SSSR count). The van der Waals surface area contributed by atoms with E-state index in [0.29, 0.717) is 28.0 Å². The lowest BCUT2D eigenvalue weighted by Crippen LogP contribution is -2.12. The van der Waals surface area contributed by atoms with Gasteiger partial charge in [-0.05, 0) is 48.9 Å². The molecule has 4 aromatic rings. The number of esters is 1. The number of methoxy groups -OCH3 is 2. The number of aryl methyl sites for hydroxylation is 1. The van der Waals surface area contributed by atoms with Gasteiger partial charge in [0.15, 0.2) is 11.5 Å². The van der Waals surface area contributed by atoms with E-state index >= 15 is 0 Å². The first-order valence-electron chi connectivity index (χ1n) is 10.2. The lowest BCUT2D eigenvalue weighted by atomic mass is 10.2. The number of nitrogens with zero attached hydrogens (tertiary/aromatic N) is 3. The Bertz CT molecular complexity index is 1410. The van der Waals surface area contributed by atoms with Crippen LogP contribution in [0.15, 0.2) is 48.5 Å². The number of benzene rings is 2. The second-order valence-corrected chi connectivity index (χ2v) is 8.25. The first-order chi connectivity index (χ1) is 16.4. The minimum Gasteiger partial charge on any atom is -0.497 e. The molecule has 2 heterocycles. The minimum absolute atomic E-state index is 0.310. The standard InChI is InChI=1S/C24H22N4O5S/c1-14-11-22(28(27-14)24-25-18-8-7-17(31-3)13-21(18)34-24)26-23(30)10-6-16-5-9-19(33-15(2)29)20(12-16)32-4/h5-13H,1-4H3,(H,26,30)/b10-6+. The number of fused-ring (bicyclic) bond motifs is 1. The lowest BCUT2D eigenvalue weighted by Gasteiger charge is -2.08. The Morgan fingerprint density at radius 2 is 1.88 bits per heavy atom. The van der Waals surface area contributed by atoms with Gasteiger partial charge >= 0.3 is 5.97 Å². The highest BCUT2D eigenvalue weighted by Gasteiger charge is 2.14. The van der Waals surface area contributed by atoms with E-state index in [0.717, 1.165) is 21.7 Å². The third-order valence-electron chi connectivity index (χ3n) is 4.72. The van der Waals surface area contributed by atoms with E-state index in [-0.39, 0.29) is 5.91 Å². The van der Waals surface area contributed by atoms with Crippen molar-refractivity contribution in [1.82, 2.24) is 14.8 Å². The zero-order valence-corrected chi connectivity index (χ0v) is 19.8. The normalized spacial score (nSPS) is 11.1. The monoisotopic (exact) mass is 478 g/mol. The molecule has 0 atom stereocenters. The van der Waals surface area contributed by atoms with Gasteiger partial charge in [-0.2, -0.15) is 9.78 Å². The van der Waals surface area contributed by atoms with Crippen LogP contribution >= 0.6 is 11.3 Å². The Morgan fingerprint density at radius 3 is 2.62 bits per heavy atom. The summed E-state index contributed by atoms with van der Waals surface area (Å²) in [5, 5.41) is 7.96. The Morgan fingerprint density at radius 1 is 1.06 bits per heavy atom.